The number of amides is 7. The van der Waals surface area contributed by atoms with Crippen molar-refractivity contribution in [2.45, 2.75) is 121 Å². The average Bonchev–Trinajstić information content (AvgIpc) is 3.46. The van der Waals surface area contributed by atoms with Gasteiger partial charge in [0.1, 0.15) is 41.6 Å². The molecule has 1 spiro atoms. The molecule has 6 rings (SSSR count). The fourth-order valence-electron chi connectivity index (χ4n) is 8.75. The highest BCUT2D eigenvalue weighted by molar-refractivity contribution is 6.30. The van der Waals surface area contributed by atoms with Gasteiger partial charge in [0.2, 0.25) is 29.5 Å². The Morgan fingerprint density at radius 1 is 0.932 bits per heavy atom. The number of anilines is 1. The van der Waals surface area contributed by atoms with Crippen molar-refractivity contribution in [3.05, 3.63) is 64.4 Å². The number of benzene rings is 2. The summed E-state index contributed by atoms with van der Waals surface area (Å²) in [7, 11) is 0. The first-order valence-corrected chi connectivity index (χ1v) is 20.7. The number of aliphatic hydroxyl groups excluding tert-OH is 1. The largest absolute Gasteiger partial charge is 0.391 e. The van der Waals surface area contributed by atoms with Gasteiger partial charge in [0.05, 0.1) is 11.1 Å². The highest BCUT2D eigenvalue weighted by Gasteiger charge is 2.63. The van der Waals surface area contributed by atoms with E-state index in [0.717, 1.165) is 11.6 Å². The molecule has 2 aromatic rings. The molecule has 1 unspecified atom stereocenters. The number of likely N-dealkylation sites (tertiary alicyclic amines) is 3. The van der Waals surface area contributed by atoms with E-state index in [2.05, 4.69) is 21.3 Å². The molecule has 4 fully saturated rings. The van der Waals surface area contributed by atoms with Crippen LogP contribution in [-0.4, -0.2) is 123 Å². The zero-order valence-corrected chi connectivity index (χ0v) is 34.5. The van der Waals surface area contributed by atoms with Crippen LogP contribution in [0.4, 0.5) is 14.9 Å². The van der Waals surface area contributed by atoms with E-state index >= 15 is 0 Å². The molecule has 3 aliphatic heterocycles. The summed E-state index contributed by atoms with van der Waals surface area (Å²) in [5.41, 5.74) is 0.914. The van der Waals surface area contributed by atoms with Gasteiger partial charge in [-0.25, -0.2) is 9.18 Å². The molecule has 7 amide bonds. The van der Waals surface area contributed by atoms with Crippen LogP contribution in [0.3, 0.4) is 0 Å². The van der Waals surface area contributed by atoms with Crippen LogP contribution in [0.5, 0.6) is 0 Å². The standard InChI is InChI=1S/C42H53ClFN7O8/c1-23-9-7-10-27(17-23)18-31(47-41(59)46-28-13-14-29(43)30(44)19-28)36(54)48-35(26(4)52)40(58)50-16-8-12-33(50)39(57)49-15-6-5-11-32(49)37(55)45-25(3)38(56)51-22-24(2)20-42(51)21-34(42)53/h7,9-10,13-14,17,19,24-26,31-33,35,52H,5-6,8,11-12,15-16,18,20-22H2,1-4H3,(H,45,55)(H,48,54)(H2,46,47,59)/t24-,25+,26+,31+,32+,33+,35+,42?/m1/s1. The van der Waals surface area contributed by atoms with E-state index in [0.29, 0.717) is 50.6 Å². The van der Waals surface area contributed by atoms with E-state index in [9.17, 15) is 43.1 Å². The molecule has 318 valence electrons. The summed E-state index contributed by atoms with van der Waals surface area (Å²) in [5, 5.41) is 21.2. The molecule has 17 heteroatoms. The van der Waals surface area contributed by atoms with Crippen LogP contribution in [0.1, 0.15) is 76.8 Å². The van der Waals surface area contributed by atoms with Crippen LogP contribution >= 0.6 is 11.6 Å². The summed E-state index contributed by atoms with van der Waals surface area (Å²) >= 11 is 5.77. The van der Waals surface area contributed by atoms with Crippen LogP contribution in [0, 0.1) is 18.7 Å². The number of ketones is 1. The number of nitrogens with one attached hydrogen (secondary N) is 4. The predicted octanol–water partition coefficient (Wildman–Crippen LogP) is 2.84. The molecule has 1 aliphatic carbocycles. The van der Waals surface area contributed by atoms with Crippen LogP contribution in [0.25, 0.3) is 0 Å². The molecule has 3 saturated heterocycles. The third kappa shape index (κ3) is 9.70. The van der Waals surface area contributed by atoms with Gasteiger partial charge in [-0.1, -0.05) is 48.4 Å². The molecule has 2 aromatic carbocycles. The molecule has 8 atom stereocenters. The zero-order valence-electron chi connectivity index (χ0n) is 33.8. The molecule has 3 heterocycles. The third-order valence-electron chi connectivity index (χ3n) is 11.8. The van der Waals surface area contributed by atoms with Crippen molar-refractivity contribution in [3.8, 4) is 0 Å². The monoisotopic (exact) mass is 837 g/mol. The number of aliphatic hydroxyl groups is 1. The maximum absolute atomic E-state index is 14.3. The fourth-order valence-corrected chi connectivity index (χ4v) is 8.87. The molecule has 4 aliphatic rings. The normalized spacial score (nSPS) is 24.6. The van der Waals surface area contributed by atoms with Crippen molar-refractivity contribution in [2.24, 2.45) is 5.92 Å². The zero-order chi connectivity index (χ0) is 42.8. The Morgan fingerprint density at radius 3 is 2.32 bits per heavy atom. The number of halogens is 2. The van der Waals surface area contributed by atoms with E-state index < -0.39 is 77.3 Å². The van der Waals surface area contributed by atoms with E-state index in [4.69, 9.17) is 11.6 Å². The lowest BCUT2D eigenvalue weighted by Crippen LogP contribution is -2.62. The number of carbonyl (C=O) groups is 7. The number of urea groups is 1. The number of carbonyl (C=O) groups excluding carboxylic acids is 7. The van der Waals surface area contributed by atoms with Crippen molar-refractivity contribution in [2.75, 3.05) is 25.0 Å². The van der Waals surface area contributed by atoms with E-state index in [1.165, 1.54) is 28.9 Å². The van der Waals surface area contributed by atoms with E-state index in [-0.39, 0.29) is 54.2 Å². The van der Waals surface area contributed by atoms with Crippen molar-refractivity contribution >= 4 is 58.6 Å². The summed E-state index contributed by atoms with van der Waals surface area (Å²) in [6.45, 7) is 7.61. The van der Waals surface area contributed by atoms with E-state index in [1.807, 2.05) is 26.0 Å². The lowest BCUT2D eigenvalue weighted by molar-refractivity contribution is -0.152. The first kappa shape index (κ1) is 43.5. The molecule has 5 N–H and O–H groups in total. The second-order valence-electron chi connectivity index (χ2n) is 16.6. The molecule has 0 radical (unpaired) electrons. The summed E-state index contributed by atoms with van der Waals surface area (Å²) in [4.78, 5) is 99.5. The Balaban J connectivity index is 1.13. The lowest BCUT2D eigenvalue weighted by atomic mass is 9.99. The van der Waals surface area contributed by atoms with Gasteiger partial charge in [-0.3, -0.25) is 28.8 Å². The van der Waals surface area contributed by atoms with Crippen LogP contribution in [0.2, 0.25) is 5.02 Å². The van der Waals surface area contributed by atoms with Gasteiger partial charge in [-0.15, -0.1) is 0 Å². The second-order valence-corrected chi connectivity index (χ2v) is 17.0. The van der Waals surface area contributed by atoms with Gasteiger partial charge < -0.3 is 41.1 Å². The topological polar surface area (TPSA) is 198 Å². The van der Waals surface area contributed by atoms with Crippen LogP contribution in [-0.2, 0) is 35.2 Å². The minimum absolute atomic E-state index is 0.000232. The molecule has 59 heavy (non-hydrogen) atoms. The van der Waals surface area contributed by atoms with Crippen molar-refractivity contribution in [1.82, 2.24) is 30.7 Å². The Bertz CT molecular complexity index is 2000. The number of rotatable bonds is 12. The lowest BCUT2D eigenvalue weighted by Gasteiger charge is -2.39. The van der Waals surface area contributed by atoms with Crippen molar-refractivity contribution in [3.63, 3.8) is 0 Å². The molecule has 1 saturated carbocycles. The molecule has 0 aromatic heterocycles. The average molecular weight is 838 g/mol. The predicted molar refractivity (Wildman–Crippen MR) is 215 cm³/mol. The maximum atomic E-state index is 14.3. The van der Waals surface area contributed by atoms with E-state index in [1.54, 1.807) is 24.0 Å². The van der Waals surface area contributed by atoms with Crippen molar-refractivity contribution in [1.29, 1.82) is 0 Å². The molecule has 15 nitrogen and oxygen atoms in total. The van der Waals surface area contributed by atoms with Gasteiger partial charge in [-0.2, -0.15) is 0 Å². The van der Waals surface area contributed by atoms with Gasteiger partial charge in [-0.05, 0) is 89.0 Å². The summed E-state index contributed by atoms with van der Waals surface area (Å²) < 4.78 is 14.1. The van der Waals surface area contributed by atoms with Crippen LogP contribution in [0.15, 0.2) is 42.5 Å². The number of hydrogen-bond donors (Lipinski definition) is 5. The summed E-state index contributed by atoms with van der Waals surface area (Å²) in [6.07, 6.45) is 1.91. The number of aryl methyl sites for hydroxylation is 1. The maximum Gasteiger partial charge on any atom is 0.319 e. The second kappa shape index (κ2) is 18.0. The number of Topliss-reactive ketones (excluding diaryl/α,β-unsaturated/α-hetero) is 1. The smallest absolute Gasteiger partial charge is 0.319 e. The number of nitrogens with zero attached hydrogens (tertiary/aromatic N) is 3. The first-order chi connectivity index (χ1) is 28.0. The fraction of sp³-hybridized carbons (Fsp3) is 0.548. The quantitative estimate of drug-likeness (QED) is 0.215. The minimum Gasteiger partial charge on any atom is -0.391 e. The Morgan fingerprint density at radius 2 is 1.64 bits per heavy atom. The first-order valence-electron chi connectivity index (χ1n) is 20.3. The number of hydrogen-bond acceptors (Lipinski definition) is 8. The minimum atomic E-state index is -1.51. The van der Waals surface area contributed by atoms with Crippen LogP contribution < -0.4 is 21.3 Å². The summed E-state index contributed by atoms with van der Waals surface area (Å²) in [6, 6.07) is 4.54. The SMILES string of the molecule is Cc1cccc(C[C@H](NC(=O)Nc2ccc(Cl)c(F)c2)C(=O)N[C@H](C(=O)N2CCC[C@H]2C(=O)N2CCCC[C@H]2C(=O)N[C@@H](C)C(=O)N2C[C@H](C)CC23CC3=O)[C@H](C)O)c1. The third-order valence-corrected chi connectivity index (χ3v) is 12.1. The molecular formula is C42H53ClFN7O8. The molecular weight excluding hydrogens is 785 g/mol. The van der Waals surface area contributed by atoms with Crippen molar-refractivity contribution < 1.29 is 43.1 Å². The van der Waals surface area contributed by atoms with Gasteiger partial charge in [0.15, 0.2) is 5.78 Å². The van der Waals surface area contributed by atoms with Gasteiger partial charge >= 0.3 is 6.03 Å². The summed E-state index contributed by atoms with van der Waals surface area (Å²) in [5.74, 6) is -3.34. The Hall–Kier alpha value is -5.09. The van der Waals surface area contributed by atoms with Gasteiger partial charge in [0.25, 0.3) is 0 Å². The highest BCUT2D eigenvalue weighted by Crippen LogP contribution is 2.48. The number of piperidine rings is 1. The Kier molecular flexibility index (Phi) is 13.3. The molecule has 0 bridgehead atoms. The Labute approximate surface area is 347 Å². The highest BCUT2D eigenvalue weighted by atomic mass is 35.5. The van der Waals surface area contributed by atoms with Gasteiger partial charge in [0, 0.05) is 38.2 Å².